The molecule has 3 heteroatoms. The van der Waals surface area contributed by atoms with Gasteiger partial charge in [0.15, 0.2) is 0 Å². The summed E-state index contributed by atoms with van der Waals surface area (Å²) < 4.78 is 2.54. The lowest BCUT2D eigenvalue weighted by Crippen LogP contribution is -2.34. The van der Waals surface area contributed by atoms with Crippen LogP contribution in [-0.4, -0.2) is 6.04 Å². The van der Waals surface area contributed by atoms with Gasteiger partial charge in [0, 0.05) is 19.8 Å². The molecule has 0 heterocycles. The molecule has 0 aromatic heterocycles. The maximum absolute atomic E-state index is 3.65. The number of hydrogen-bond donors (Lipinski definition) is 1. The SMILES string of the molecule is Brc1ccccc1C1CC(Nc2ccccc2I)C1. The summed E-state index contributed by atoms with van der Waals surface area (Å²) in [6.45, 7) is 0. The molecule has 98 valence electrons. The Bertz CT molecular complexity index is 578. The molecule has 0 radical (unpaired) electrons. The summed E-state index contributed by atoms with van der Waals surface area (Å²) in [5.74, 6) is 0.689. The summed E-state index contributed by atoms with van der Waals surface area (Å²) in [6.07, 6.45) is 2.43. The van der Waals surface area contributed by atoms with Gasteiger partial charge in [-0.25, -0.2) is 0 Å². The largest absolute Gasteiger partial charge is 0.381 e. The van der Waals surface area contributed by atoms with Crippen molar-refractivity contribution in [3.05, 3.63) is 62.1 Å². The summed E-state index contributed by atoms with van der Waals surface area (Å²) in [5, 5.41) is 3.64. The number of nitrogens with one attached hydrogen (secondary N) is 1. The Labute approximate surface area is 136 Å². The van der Waals surface area contributed by atoms with Gasteiger partial charge in [-0.2, -0.15) is 0 Å². The molecule has 1 saturated carbocycles. The summed E-state index contributed by atoms with van der Waals surface area (Å²) >= 11 is 6.03. The number of anilines is 1. The van der Waals surface area contributed by atoms with Crippen molar-refractivity contribution in [3.8, 4) is 0 Å². The standard InChI is InChI=1S/C16H15BrIN/c17-14-6-2-1-5-13(14)11-9-12(10-11)19-16-8-4-3-7-15(16)18/h1-8,11-12,19H,9-10H2. The molecule has 1 fully saturated rings. The molecule has 1 aliphatic rings. The van der Waals surface area contributed by atoms with E-state index >= 15 is 0 Å². The Balaban J connectivity index is 1.62. The van der Waals surface area contributed by atoms with Gasteiger partial charge in [0.2, 0.25) is 0 Å². The summed E-state index contributed by atoms with van der Waals surface area (Å²) in [5.41, 5.74) is 2.71. The Hall–Kier alpha value is -0.550. The zero-order chi connectivity index (χ0) is 13.2. The Kier molecular flexibility index (Phi) is 4.12. The highest BCUT2D eigenvalue weighted by Gasteiger charge is 2.31. The second-order valence-electron chi connectivity index (χ2n) is 5.01. The molecule has 0 spiro atoms. The zero-order valence-electron chi connectivity index (χ0n) is 10.4. The van der Waals surface area contributed by atoms with E-state index in [1.165, 1.54) is 32.1 Å². The molecule has 0 saturated heterocycles. The normalized spacial score (nSPS) is 21.8. The van der Waals surface area contributed by atoms with E-state index in [4.69, 9.17) is 0 Å². The fraction of sp³-hybridized carbons (Fsp3) is 0.250. The molecular weight excluding hydrogens is 413 g/mol. The number of benzene rings is 2. The van der Waals surface area contributed by atoms with E-state index in [1.807, 2.05) is 0 Å². The monoisotopic (exact) mass is 427 g/mol. The van der Waals surface area contributed by atoms with Gasteiger partial charge in [-0.1, -0.05) is 46.3 Å². The Morgan fingerprint density at radius 1 is 1.00 bits per heavy atom. The first kappa shape index (κ1) is 13.4. The highest BCUT2D eigenvalue weighted by atomic mass is 127. The fourth-order valence-corrected chi connectivity index (χ4v) is 3.75. The van der Waals surface area contributed by atoms with E-state index in [1.54, 1.807) is 0 Å². The van der Waals surface area contributed by atoms with Crippen LogP contribution in [0.15, 0.2) is 53.0 Å². The minimum Gasteiger partial charge on any atom is -0.381 e. The first-order chi connectivity index (χ1) is 9.24. The molecule has 0 amide bonds. The van der Waals surface area contributed by atoms with Crippen LogP contribution in [0.1, 0.15) is 24.3 Å². The Morgan fingerprint density at radius 3 is 2.42 bits per heavy atom. The van der Waals surface area contributed by atoms with E-state index in [0.717, 1.165) is 0 Å². The number of para-hydroxylation sites is 1. The van der Waals surface area contributed by atoms with Crippen molar-refractivity contribution < 1.29 is 0 Å². The lowest BCUT2D eigenvalue weighted by Gasteiger charge is -2.37. The van der Waals surface area contributed by atoms with E-state index < -0.39 is 0 Å². The van der Waals surface area contributed by atoms with Crippen LogP contribution < -0.4 is 5.32 Å². The predicted octanol–water partition coefficient (Wildman–Crippen LogP) is 5.41. The van der Waals surface area contributed by atoms with Crippen LogP contribution in [0.5, 0.6) is 0 Å². The van der Waals surface area contributed by atoms with Crippen molar-refractivity contribution in [3.63, 3.8) is 0 Å². The van der Waals surface area contributed by atoms with Crippen molar-refractivity contribution in [1.29, 1.82) is 0 Å². The molecule has 2 aromatic rings. The molecule has 1 N–H and O–H groups in total. The molecule has 0 unspecified atom stereocenters. The molecule has 0 aliphatic heterocycles. The average Bonchev–Trinajstić information content (AvgIpc) is 2.37. The zero-order valence-corrected chi connectivity index (χ0v) is 14.2. The number of halogens is 2. The Morgan fingerprint density at radius 2 is 1.68 bits per heavy atom. The number of hydrogen-bond acceptors (Lipinski definition) is 1. The fourth-order valence-electron chi connectivity index (χ4n) is 2.59. The topological polar surface area (TPSA) is 12.0 Å². The molecule has 0 bridgehead atoms. The van der Waals surface area contributed by atoms with Gasteiger partial charge >= 0.3 is 0 Å². The van der Waals surface area contributed by atoms with Gasteiger partial charge in [0.1, 0.15) is 0 Å². The van der Waals surface area contributed by atoms with Gasteiger partial charge in [-0.05, 0) is 65.1 Å². The van der Waals surface area contributed by atoms with Crippen LogP contribution in [0.4, 0.5) is 5.69 Å². The van der Waals surface area contributed by atoms with E-state index in [-0.39, 0.29) is 0 Å². The molecule has 1 nitrogen and oxygen atoms in total. The maximum atomic E-state index is 3.65. The molecule has 2 aromatic carbocycles. The first-order valence-electron chi connectivity index (χ1n) is 6.49. The molecule has 1 aliphatic carbocycles. The second kappa shape index (κ2) is 5.83. The molecular formula is C16H15BrIN. The third-order valence-electron chi connectivity index (χ3n) is 3.72. The van der Waals surface area contributed by atoms with Crippen LogP contribution in [0.25, 0.3) is 0 Å². The van der Waals surface area contributed by atoms with Gasteiger partial charge < -0.3 is 5.32 Å². The lowest BCUT2D eigenvalue weighted by atomic mass is 9.76. The average molecular weight is 428 g/mol. The predicted molar refractivity (Wildman–Crippen MR) is 92.7 cm³/mol. The van der Waals surface area contributed by atoms with Crippen molar-refractivity contribution >= 4 is 44.2 Å². The molecule has 19 heavy (non-hydrogen) atoms. The minimum atomic E-state index is 0.605. The van der Waals surface area contributed by atoms with Crippen molar-refractivity contribution in [1.82, 2.24) is 0 Å². The second-order valence-corrected chi connectivity index (χ2v) is 7.03. The minimum absolute atomic E-state index is 0.605. The van der Waals surface area contributed by atoms with Crippen molar-refractivity contribution in [2.75, 3.05) is 5.32 Å². The van der Waals surface area contributed by atoms with Crippen LogP contribution in [0.2, 0.25) is 0 Å². The van der Waals surface area contributed by atoms with Gasteiger partial charge in [-0.15, -0.1) is 0 Å². The third kappa shape index (κ3) is 2.97. The number of rotatable bonds is 3. The smallest absolute Gasteiger partial charge is 0.0478 e. The van der Waals surface area contributed by atoms with E-state index in [2.05, 4.69) is 92.4 Å². The van der Waals surface area contributed by atoms with E-state index in [9.17, 15) is 0 Å². The lowest BCUT2D eigenvalue weighted by molar-refractivity contribution is 0.373. The van der Waals surface area contributed by atoms with Crippen LogP contribution in [0.3, 0.4) is 0 Å². The molecule has 0 atom stereocenters. The van der Waals surface area contributed by atoms with Crippen LogP contribution in [0, 0.1) is 3.57 Å². The van der Waals surface area contributed by atoms with Crippen molar-refractivity contribution in [2.24, 2.45) is 0 Å². The summed E-state index contributed by atoms with van der Waals surface area (Å²) in [7, 11) is 0. The van der Waals surface area contributed by atoms with E-state index in [0.29, 0.717) is 12.0 Å². The highest BCUT2D eigenvalue weighted by Crippen LogP contribution is 2.41. The van der Waals surface area contributed by atoms with Gasteiger partial charge in [-0.3, -0.25) is 0 Å². The molecule has 3 rings (SSSR count). The quantitative estimate of drug-likeness (QED) is 0.645. The van der Waals surface area contributed by atoms with Crippen LogP contribution in [-0.2, 0) is 0 Å². The van der Waals surface area contributed by atoms with Crippen LogP contribution >= 0.6 is 38.5 Å². The first-order valence-corrected chi connectivity index (χ1v) is 8.36. The maximum Gasteiger partial charge on any atom is 0.0478 e. The van der Waals surface area contributed by atoms with Crippen molar-refractivity contribution in [2.45, 2.75) is 24.8 Å². The highest BCUT2D eigenvalue weighted by molar-refractivity contribution is 14.1. The summed E-state index contributed by atoms with van der Waals surface area (Å²) in [6, 6.07) is 17.7. The van der Waals surface area contributed by atoms with Gasteiger partial charge in [0.25, 0.3) is 0 Å². The summed E-state index contributed by atoms with van der Waals surface area (Å²) in [4.78, 5) is 0. The third-order valence-corrected chi connectivity index (χ3v) is 5.38. The van der Waals surface area contributed by atoms with Gasteiger partial charge in [0.05, 0.1) is 0 Å².